The van der Waals surface area contributed by atoms with Crippen LogP contribution in [0.1, 0.15) is 0 Å². The van der Waals surface area contributed by atoms with Gasteiger partial charge in [0, 0.05) is 39.9 Å². The van der Waals surface area contributed by atoms with E-state index in [1.807, 2.05) is 0 Å². The SMILES string of the molecule is O=[N+]([O-])[O-].O=[N+]([O-])[O-].O=[N+]([O-])[O-].[Gd+3].[Gd]. The van der Waals surface area contributed by atoms with Gasteiger partial charge in [-0.3, -0.25) is 0 Å². The molecule has 0 aliphatic rings. The van der Waals surface area contributed by atoms with Crippen molar-refractivity contribution in [1.29, 1.82) is 0 Å². The van der Waals surface area contributed by atoms with E-state index in [-0.39, 0.29) is 79.9 Å². The van der Waals surface area contributed by atoms with E-state index in [4.69, 9.17) is 46.0 Å². The summed E-state index contributed by atoms with van der Waals surface area (Å²) >= 11 is 0. The van der Waals surface area contributed by atoms with Crippen molar-refractivity contribution in [2.45, 2.75) is 0 Å². The number of rotatable bonds is 0. The predicted molar refractivity (Wildman–Crippen MR) is 31.1 cm³/mol. The van der Waals surface area contributed by atoms with Crippen LogP contribution in [-0.2, 0) is 0 Å². The van der Waals surface area contributed by atoms with Gasteiger partial charge in [0.2, 0.25) is 0 Å². The van der Waals surface area contributed by atoms with Gasteiger partial charge in [-0.15, -0.1) is 0 Å². The first kappa shape index (κ1) is 29.2. The van der Waals surface area contributed by atoms with E-state index in [9.17, 15) is 0 Å². The van der Waals surface area contributed by atoms with Crippen molar-refractivity contribution >= 4 is 0 Å². The van der Waals surface area contributed by atoms with Crippen LogP contribution in [-0.4, -0.2) is 15.3 Å². The van der Waals surface area contributed by atoms with Crippen LogP contribution in [0.15, 0.2) is 0 Å². The molecule has 14 heteroatoms. The summed E-state index contributed by atoms with van der Waals surface area (Å²) in [6.07, 6.45) is 0. The van der Waals surface area contributed by atoms with Crippen LogP contribution in [0, 0.1) is 126 Å². The van der Waals surface area contributed by atoms with E-state index in [2.05, 4.69) is 0 Å². The fourth-order valence-electron chi connectivity index (χ4n) is 0. The largest absolute Gasteiger partial charge is 3.00 e. The van der Waals surface area contributed by atoms with Crippen LogP contribution in [0.3, 0.4) is 0 Å². The van der Waals surface area contributed by atoms with E-state index < -0.39 is 15.3 Å². The summed E-state index contributed by atoms with van der Waals surface area (Å²) in [5.74, 6) is 0. The fraction of sp³-hybridized carbons (Fsp3) is 0. The molecule has 0 aromatic carbocycles. The van der Waals surface area contributed by atoms with Gasteiger partial charge in [0.1, 0.15) is 0 Å². The smallest absolute Gasteiger partial charge is 0.356 e. The second kappa shape index (κ2) is 23.2. The van der Waals surface area contributed by atoms with E-state index >= 15 is 0 Å². The molecule has 0 atom stereocenters. The standard InChI is InChI=1S/2Gd.3NO3/c;;3*2-1(3)4/q;+3;3*-1. The molecule has 0 saturated carbocycles. The van der Waals surface area contributed by atoms with Crippen molar-refractivity contribution < 1.29 is 95.1 Å². The van der Waals surface area contributed by atoms with E-state index in [1.165, 1.54) is 0 Å². The van der Waals surface area contributed by atoms with E-state index in [0.29, 0.717) is 0 Å². The molecule has 0 spiro atoms. The average Bonchev–Trinajstić information content (AvgIpc) is 1.54. The number of hydrogen-bond donors (Lipinski definition) is 0. The molecule has 1 radical (unpaired) electrons. The van der Waals surface area contributed by atoms with Crippen molar-refractivity contribution in [2.24, 2.45) is 0 Å². The minimum absolute atomic E-state index is 0. The van der Waals surface area contributed by atoms with Gasteiger partial charge in [-0.1, -0.05) is 0 Å². The molecule has 0 aliphatic heterocycles. The minimum Gasteiger partial charge on any atom is -0.356 e. The van der Waals surface area contributed by atoms with Crippen molar-refractivity contribution in [1.82, 2.24) is 0 Å². The summed E-state index contributed by atoms with van der Waals surface area (Å²) in [6, 6.07) is 0. The summed E-state index contributed by atoms with van der Waals surface area (Å²) in [4.78, 5) is 24.8. The summed E-state index contributed by atoms with van der Waals surface area (Å²) in [7, 11) is 0. The van der Waals surface area contributed by atoms with Crippen molar-refractivity contribution in [3.8, 4) is 0 Å². The van der Waals surface area contributed by atoms with Gasteiger partial charge in [0.15, 0.2) is 0 Å². The van der Waals surface area contributed by atoms with Gasteiger partial charge in [-0.05, 0) is 0 Å². The molecule has 0 aromatic heterocycles. The first-order chi connectivity index (χ1) is 5.20. The van der Waals surface area contributed by atoms with Crippen molar-refractivity contribution in [3.05, 3.63) is 46.0 Å². The summed E-state index contributed by atoms with van der Waals surface area (Å²) in [6.45, 7) is 0. The van der Waals surface area contributed by atoms with Crippen molar-refractivity contribution in [2.75, 3.05) is 0 Å². The maximum absolute atomic E-state index is 8.25. The molecule has 0 aromatic rings. The van der Waals surface area contributed by atoms with Gasteiger partial charge in [-0.2, -0.15) is 0 Å². The van der Waals surface area contributed by atoms with Crippen LogP contribution in [0.25, 0.3) is 0 Å². The van der Waals surface area contributed by atoms with Crippen LogP contribution in [0.2, 0.25) is 0 Å². The third-order valence-electron chi connectivity index (χ3n) is 0. The zero-order chi connectivity index (χ0) is 10.7. The normalized spacial score (nSPS) is 5.14. The molecule has 0 fully saturated rings. The monoisotopic (exact) mass is 502 g/mol. The topological polar surface area (TPSA) is 199 Å². The molecule has 14 heavy (non-hydrogen) atoms. The van der Waals surface area contributed by atoms with Gasteiger partial charge < -0.3 is 46.0 Å². The second-order valence-electron chi connectivity index (χ2n) is 0.671. The second-order valence-corrected chi connectivity index (χ2v) is 0.671. The molecule has 0 aliphatic carbocycles. The minimum atomic E-state index is -1.75. The first-order valence-corrected chi connectivity index (χ1v) is 1.64. The van der Waals surface area contributed by atoms with E-state index in [1.54, 1.807) is 0 Å². The van der Waals surface area contributed by atoms with Crippen LogP contribution < -0.4 is 0 Å². The first-order valence-electron chi connectivity index (χ1n) is 1.64. The number of nitrogens with zero attached hydrogens (tertiary/aromatic N) is 3. The Morgan fingerprint density at radius 3 is 0.571 bits per heavy atom. The summed E-state index contributed by atoms with van der Waals surface area (Å²) in [5.41, 5.74) is 0. The maximum atomic E-state index is 8.25. The zero-order valence-electron chi connectivity index (χ0n) is 5.72. The third-order valence-corrected chi connectivity index (χ3v) is 0. The molecule has 0 saturated heterocycles. The fourth-order valence-corrected chi connectivity index (χ4v) is 0. The molecule has 0 rings (SSSR count). The Hall–Kier alpha value is 0.249. The summed E-state index contributed by atoms with van der Waals surface area (Å²) in [5, 5.41) is 44.2. The van der Waals surface area contributed by atoms with Crippen LogP contribution in [0.5, 0.6) is 0 Å². The predicted octanol–water partition coefficient (Wildman–Crippen LogP) is -0.717. The Labute approximate surface area is 139 Å². The molecular weight excluding hydrogens is 501 g/mol. The van der Waals surface area contributed by atoms with Gasteiger partial charge in [0.05, 0.1) is 15.3 Å². The Balaban J connectivity index is -0.0000000270. The Kier molecular flexibility index (Phi) is 48.5. The molecule has 0 unspecified atom stereocenters. The molecule has 0 heterocycles. The Morgan fingerprint density at radius 1 is 0.571 bits per heavy atom. The molecule has 85 valence electrons. The quantitative estimate of drug-likeness (QED) is 0.304. The van der Waals surface area contributed by atoms with Gasteiger partial charge in [-0.25, -0.2) is 0 Å². The molecular formula is Gd2N3O9. The molecule has 0 N–H and O–H groups in total. The molecule has 12 nitrogen and oxygen atoms in total. The Morgan fingerprint density at radius 2 is 0.571 bits per heavy atom. The maximum Gasteiger partial charge on any atom is 3.00 e. The van der Waals surface area contributed by atoms with Crippen molar-refractivity contribution in [3.63, 3.8) is 0 Å². The van der Waals surface area contributed by atoms with Gasteiger partial charge in [0.25, 0.3) is 0 Å². The third kappa shape index (κ3) is 24900. The van der Waals surface area contributed by atoms with Gasteiger partial charge >= 0.3 is 39.9 Å². The number of hydrogen-bond acceptors (Lipinski definition) is 9. The van der Waals surface area contributed by atoms with Crippen LogP contribution in [0.4, 0.5) is 0 Å². The average molecular weight is 501 g/mol. The Bertz CT molecular complexity index is 116. The van der Waals surface area contributed by atoms with E-state index in [0.717, 1.165) is 0 Å². The zero-order valence-corrected chi connectivity index (χ0v) is 10.3. The molecule has 0 bridgehead atoms. The summed E-state index contributed by atoms with van der Waals surface area (Å²) < 4.78 is 0. The van der Waals surface area contributed by atoms with Crippen LogP contribution >= 0.6 is 0 Å². The molecule has 0 amide bonds.